The topological polar surface area (TPSA) is 131 Å². The molecule has 2 unspecified atom stereocenters. The second kappa shape index (κ2) is 14.1. The van der Waals surface area contributed by atoms with Crippen LogP contribution < -0.4 is 16.4 Å². The third kappa shape index (κ3) is 9.62. The highest BCUT2D eigenvalue weighted by Gasteiger charge is 2.44. The summed E-state index contributed by atoms with van der Waals surface area (Å²) < 4.78 is 5.42. The van der Waals surface area contributed by atoms with Gasteiger partial charge in [0.25, 0.3) is 0 Å². The Labute approximate surface area is 244 Å². The number of nitrogens with zero attached hydrogens (tertiary/aromatic N) is 1. The van der Waals surface area contributed by atoms with Gasteiger partial charge in [-0.25, -0.2) is 4.79 Å². The fraction of sp³-hybridized carbons (Fsp3) is 0.500. The zero-order chi connectivity index (χ0) is 31.0. The highest BCUT2D eigenvalue weighted by molar-refractivity contribution is 5.93. The number of primary amides is 1. The van der Waals surface area contributed by atoms with E-state index < -0.39 is 41.1 Å². The molecule has 0 aliphatic rings. The van der Waals surface area contributed by atoms with Gasteiger partial charge < -0.3 is 26.0 Å². The lowest BCUT2D eigenvalue weighted by molar-refractivity contribution is -0.149. The van der Waals surface area contributed by atoms with Crippen molar-refractivity contribution in [1.82, 2.24) is 15.5 Å². The van der Waals surface area contributed by atoms with Crippen molar-refractivity contribution in [2.75, 3.05) is 0 Å². The number of nitrogens with two attached hydrogens (primary N) is 1. The van der Waals surface area contributed by atoms with Crippen LogP contribution in [-0.4, -0.2) is 45.9 Å². The van der Waals surface area contributed by atoms with E-state index in [1.165, 1.54) is 0 Å². The van der Waals surface area contributed by atoms with Crippen LogP contribution in [0.15, 0.2) is 48.5 Å². The van der Waals surface area contributed by atoms with E-state index in [1.807, 2.05) is 83.1 Å². The summed E-state index contributed by atoms with van der Waals surface area (Å²) in [5, 5.41) is 5.67. The minimum Gasteiger partial charge on any atom is -0.444 e. The quantitative estimate of drug-likeness (QED) is 0.339. The lowest BCUT2D eigenvalue weighted by atomic mass is 9.88. The van der Waals surface area contributed by atoms with E-state index in [0.29, 0.717) is 12.0 Å². The highest BCUT2D eigenvalue weighted by atomic mass is 16.6. The molecule has 9 nitrogen and oxygen atoms in total. The smallest absolute Gasteiger partial charge is 0.408 e. The first-order valence-corrected chi connectivity index (χ1v) is 14.1. The first-order chi connectivity index (χ1) is 19.1. The lowest BCUT2D eigenvalue weighted by Gasteiger charge is -2.45. The van der Waals surface area contributed by atoms with Gasteiger partial charge in [-0.05, 0) is 83.6 Å². The van der Waals surface area contributed by atoms with Gasteiger partial charge in [0.2, 0.25) is 17.7 Å². The molecule has 2 aromatic rings. The van der Waals surface area contributed by atoms with Gasteiger partial charge in [0.1, 0.15) is 17.7 Å². The van der Waals surface area contributed by atoms with Crippen LogP contribution in [0.5, 0.6) is 0 Å². The summed E-state index contributed by atoms with van der Waals surface area (Å²) in [6.07, 6.45) is -0.469. The average molecular weight is 567 g/mol. The van der Waals surface area contributed by atoms with E-state index in [9.17, 15) is 19.2 Å². The van der Waals surface area contributed by atoms with Gasteiger partial charge in [0.15, 0.2) is 0 Å². The summed E-state index contributed by atoms with van der Waals surface area (Å²) in [7, 11) is 0. The number of amides is 4. The maximum atomic E-state index is 14.5. The monoisotopic (exact) mass is 566 g/mol. The van der Waals surface area contributed by atoms with Crippen molar-refractivity contribution in [1.29, 1.82) is 0 Å². The predicted octanol–water partition coefficient (Wildman–Crippen LogP) is 4.84. The maximum absolute atomic E-state index is 14.5. The Kier molecular flexibility index (Phi) is 11.5. The van der Waals surface area contributed by atoms with E-state index in [-0.39, 0.29) is 25.3 Å². The Morgan fingerprint density at radius 1 is 0.927 bits per heavy atom. The number of carbonyl (C=O) groups excluding carboxylic acids is 4. The molecule has 224 valence electrons. The molecule has 2 aromatic carbocycles. The van der Waals surface area contributed by atoms with Gasteiger partial charge in [-0.2, -0.15) is 0 Å². The van der Waals surface area contributed by atoms with Crippen LogP contribution in [-0.2, 0) is 25.7 Å². The van der Waals surface area contributed by atoms with Crippen LogP contribution in [0.25, 0.3) is 0 Å². The van der Waals surface area contributed by atoms with E-state index in [2.05, 4.69) is 10.6 Å². The summed E-state index contributed by atoms with van der Waals surface area (Å²) in [5.74, 6) is -1.47. The van der Waals surface area contributed by atoms with Crippen LogP contribution in [0.4, 0.5) is 4.79 Å². The number of aryl methyl sites for hydroxylation is 2. The SMILES string of the molecule is CCC(C)(C)N(C(=O)C(CCC(N)=O)NC(=O)OC(C)(C)C)C(C(=O)NCc1ccccc1)c1c(C)cccc1C. The van der Waals surface area contributed by atoms with Gasteiger partial charge in [0.05, 0.1) is 0 Å². The average Bonchev–Trinajstić information content (AvgIpc) is 2.88. The highest BCUT2D eigenvalue weighted by Crippen LogP contribution is 2.35. The third-order valence-electron chi connectivity index (χ3n) is 7.05. The van der Waals surface area contributed by atoms with Crippen molar-refractivity contribution in [3.8, 4) is 0 Å². The lowest BCUT2D eigenvalue weighted by Crippen LogP contribution is -2.59. The molecule has 0 heterocycles. The van der Waals surface area contributed by atoms with E-state index in [4.69, 9.17) is 10.5 Å². The number of alkyl carbamates (subject to hydrolysis) is 1. The molecule has 4 amide bonds. The number of nitrogens with one attached hydrogen (secondary N) is 2. The van der Waals surface area contributed by atoms with Crippen LogP contribution >= 0.6 is 0 Å². The normalized spacial score (nSPS) is 13.1. The van der Waals surface area contributed by atoms with Gasteiger partial charge in [-0.3, -0.25) is 14.4 Å². The number of rotatable bonds is 12. The number of carbonyl (C=O) groups is 4. The van der Waals surface area contributed by atoms with Crippen molar-refractivity contribution in [3.05, 3.63) is 70.8 Å². The van der Waals surface area contributed by atoms with Gasteiger partial charge in [-0.1, -0.05) is 55.5 Å². The van der Waals surface area contributed by atoms with Gasteiger partial charge in [0, 0.05) is 18.5 Å². The van der Waals surface area contributed by atoms with E-state index >= 15 is 0 Å². The summed E-state index contributed by atoms with van der Waals surface area (Å²) in [6, 6.07) is 13.1. The molecule has 0 saturated heterocycles. The largest absolute Gasteiger partial charge is 0.444 e. The first-order valence-electron chi connectivity index (χ1n) is 14.1. The molecular weight excluding hydrogens is 520 g/mol. The van der Waals surface area contributed by atoms with Crippen molar-refractivity contribution in [2.45, 2.75) is 104 Å². The van der Waals surface area contributed by atoms with Crippen molar-refractivity contribution >= 4 is 23.8 Å². The Bertz CT molecular complexity index is 1200. The molecule has 2 atom stereocenters. The van der Waals surface area contributed by atoms with Crippen LogP contribution in [0.2, 0.25) is 0 Å². The fourth-order valence-electron chi connectivity index (χ4n) is 4.62. The molecule has 41 heavy (non-hydrogen) atoms. The maximum Gasteiger partial charge on any atom is 0.408 e. The number of benzene rings is 2. The van der Waals surface area contributed by atoms with Crippen LogP contribution in [0, 0.1) is 13.8 Å². The molecule has 0 spiro atoms. The second-order valence-corrected chi connectivity index (χ2v) is 12.0. The summed E-state index contributed by atoms with van der Waals surface area (Å²) in [6.45, 7) is 14.9. The molecular formula is C32H46N4O5. The van der Waals surface area contributed by atoms with Crippen LogP contribution in [0.3, 0.4) is 0 Å². The summed E-state index contributed by atoms with van der Waals surface area (Å²) in [5.41, 5.74) is 7.13. The van der Waals surface area contributed by atoms with Crippen molar-refractivity contribution in [3.63, 3.8) is 0 Å². The molecule has 0 aliphatic carbocycles. The molecule has 4 N–H and O–H groups in total. The zero-order valence-electron chi connectivity index (χ0n) is 25.7. The summed E-state index contributed by atoms with van der Waals surface area (Å²) >= 11 is 0. The van der Waals surface area contributed by atoms with Crippen LogP contribution in [0.1, 0.15) is 89.1 Å². The minimum absolute atomic E-state index is 0.0468. The summed E-state index contributed by atoms with van der Waals surface area (Å²) in [4.78, 5) is 54.7. The zero-order valence-corrected chi connectivity index (χ0v) is 25.7. The van der Waals surface area contributed by atoms with E-state index in [1.54, 1.807) is 25.7 Å². The molecule has 0 saturated carbocycles. The van der Waals surface area contributed by atoms with Gasteiger partial charge >= 0.3 is 6.09 Å². The Hall–Kier alpha value is -3.88. The molecule has 9 heteroatoms. The van der Waals surface area contributed by atoms with E-state index in [0.717, 1.165) is 16.7 Å². The molecule has 0 aromatic heterocycles. The van der Waals surface area contributed by atoms with Crippen molar-refractivity contribution in [2.24, 2.45) is 5.73 Å². The fourth-order valence-corrected chi connectivity index (χ4v) is 4.62. The predicted molar refractivity (Wildman–Crippen MR) is 160 cm³/mol. The molecule has 2 rings (SSSR count). The second-order valence-electron chi connectivity index (χ2n) is 12.0. The molecule has 0 aliphatic heterocycles. The van der Waals surface area contributed by atoms with Crippen molar-refractivity contribution < 1.29 is 23.9 Å². The number of hydrogen-bond donors (Lipinski definition) is 3. The first kappa shape index (κ1) is 33.3. The Morgan fingerprint density at radius 3 is 2.02 bits per heavy atom. The number of hydrogen-bond acceptors (Lipinski definition) is 5. The Morgan fingerprint density at radius 2 is 1.51 bits per heavy atom. The Balaban J connectivity index is 2.65. The molecule has 0 bridgehead atoms. The molecule has 0 fully saturated rings. The van der Waals surface area contributed by atoms with Gasteiger partial charge in [-0.15, -0.1) is 0 Å². The number of ether oxygens (including phenoxy) is 1. The molecule has 0 radical (unpaired) electrons. The third-order valence-corrected chi connectivity index (χ3v) is 7.05. The minimum atomic E-state index is -1.16. The standard InChI is InChI=1S/C32H46N4O5/c1-9-32(7,8)36(29(39)24(18-19-25(33)37)35-30(40)41-31(4,5)6)27(26-21(2)14-13-15-22(26)3)28(38)34-20-23-16-11-10-12-17-23/h10-17,24,27H,9,18-20H2,1-8H3,(H2,33,37)(H,34,38)(H,35,40).